The summed E-state index contributed by atoms with van der Waals surface area (Å²) in [7, 11) is -0.340. The Hall–Kier alpha value is -1.70. The van der Waals surface area contributed by atoms with Gasteiger partial charge in [0, 0.05) is 20.7 Å². The summed E-state index contributed by atoms with van der Waals surface area (Å²) in [5.41, 5.74) is 1.33. The van der Waals surface area contributed by atoms with Crippen molar-refractivity contribution in [3.05, 3.63) is 47.3 Å². The van der Waals surface area contributed by atoms with Gasteiger partial charge in [0.2, 0.25) is 10.0 Å². The Balaban J connectivity index is 2.33. The van der Waals surface area contributed by atoms with Crippen molar-refractivity contribution < 1.29 is 13.2 Å². The maximum atomic E-state index is 12.8. The van der Waals surface area contributed by atoms with Crippen molar-refractivity contribution in [1.29, 1.82) is 0 Å². The molecule has 0 bridgehead atoms. The molecular formula is C17H25N3O3S. The van der Waals surface area contributed by atoms with Crippen LogP contribution in [0.1, 0.15) is 30.3 Å². The zero-order valence-corrected chi connectivity index (χ0v) is 15.6. The summed E-state index contributed by atoms with van der Waals surface area (Å²) >= 11 is 0. The summed E-state index contributed by atoms with van der Waals surface area (Å²) in [6, 6.07) is 9.65. The van der Waals surface area contributed by atoms with Crippen molar-refractivity contribution in [3.8, 4) is 0 Å². The van der Waals surface area contributed by atoms with Gasteiger partial charge in [-0.3, -0.25) is 4.68 Å². The fraction of sp³-hybridized carbons (Fsp3) is 0.471. The summed E-state index contributed by atoms with van der Waals surface area (Å²) in [5.74, 6) is 0. The van der Waals surface area contributed by atoms with Crippen LogP contribution in [0, 0.1) is 13.8 Å². The van der Waals surface area contributed by atoms with Crippen molar-refractivity contribution in [2.24, 2.45) is 7.05 Å². The van der Waals surface area contributed by atoms with Crippen LogP contribution < -0.4 is 4.72 Å². The van der Waals surface area contributed by atoms with E-state index in [0.29, 0.717) is 17.8 Å². The second kappa shape index (κ2) is 7.04. The van der Waals surface area contributed by atoms with Gasteiger partial charge in [-0.2, -0.15) is 5.10 Å². The van der Waals surface area contributed by atoms with E-state index in [9.17, 15) is 8.42 Å². The van der Waals surface area contributed by atoms with Gasteiger partial charge in [0.1, 0.15) is 10.5 Å². The summed E-state index contributed by atoms with van der Waals surface area (Å²) in [5, 5.41) is 4.19. The van der Waals surface area contributed by atoms with Gasteiger partial charge in [-0.1, -0.05) is 37.3 Å². The van der Waals surface area contributed by atoms with Gasteiger partial charge < -0.3 is 4.74 Å². The molecule has 0 radical (unpaired) electrons. The third kappa shape index (κ3) is 3.38. The number of hydrogen-bond donors (Lipinski definition) is 1. The molecule has 0 amide bonds. The lowest BCUT2D eigenvalue weighted by Crippen LogP contribution is -2.42. The van der Waals surface area contributed by atoms with Crippen LogP contribution in [-0.4, -0.2) is 31.9 Å². The topological polar surface area (TPSA) is 73.2 Å². The Morgan fingerprint density at radius 3 is 2.33 bits per heavy atom. The first-order chi connectivity index (χ1) is 11.3. The summed E-state index contributed by atoms with van der Waals surface area (Å²) < 4.78 is 35.6. The summed E-state index contributed by atoms with van der Waals surface area (Å²) in [6.45, 7) is 5.57. The first-order valence-corrected chi connectivity index (χ1v) is 9.36. The van der Waals surface area contributed by atoms with Gasteiger partial charge in [-0.15, -0.1) is 0 Å². The maximum Gasteiger partial charge on any atom is 0.244 e. The number of nitrogens with zero attached hydrogens (tertiary/aromatic N) is 2. The average molecular weight is 351 g/mol. The zero-order chi connectivity index (χ0) is 18.0. The number of ether oxygens (including phenoxy) is 1. The minimum absolute atomic E-state index is 0.153. The Morgan fingerprint density at radius 1 is 1.25 bits per heavy atom. The van der Waals surface area contributed by atoms with E-state index in [1.807, 2.05) is 37.3 Å². The maximum absolute atomic E-state index is 12.8. The average Bonchev–Trinajstić information content (AvgIpc) is 2.83. The monoisotopic (exact) mass is 351 g/mol. The van der Waals surface area contributed by atoms with E-state index in [2.05, 4.69) is 9.82 Å². The third-order valence-corrected chi connectivity index (χ3v) is 6.17. The molecule has 0 unspecified atom stereocenters. The molecule has 1 heterocycles. The lowest BCUT2D eigenvalue weighted by molar-refractivity contribution is -0.0133. The third-order valence-electron chi connectivity index (χ3n) is 4.52. The van der Waals surface area contributed by atoms with E-state index in [4.69, 9.17) is 4.74 Å². The number of nitrogens with one attached hydrogen (secondary N) is 1. The minimum Gasteiger partial charge on any atom is -0.372 e. The Bertz CT molecular complexity index is 794. The number of sulfonamides is 1. The van der Waals surface area contributed by atoms with Gasteiger partial charge in [0.25, 0.3) is 0 Å². The first kappa shape index (κ1) is 18.6. The SMILES string of the molecule is CC[C@@](CNS(=O)(=O)c1c(C)nn(C)c1C)(OC)c1ccccc1. The summed E-state index contributed by atoms with van der Waals surface area (Å²) in [6.07, 6.45) is 0.640. The molecule has 0 saturated carbocycles. The standard InChI is InChI=1S/C17H25N3O3S/c1-6-17(23-5,15-10-8-7-9-11-15)12-18-24(21,22)16-13(2)19-20(4)14(16)3/h7-11,18H,6,12H2,1-5H3/t17-/m0/s1. The molecule has 2 aromatic rings. The van der Waals surface area contributed by atoms with Crippen LogP contribution in [-0.2, 0) is 27.4 Å². The molecule has 0 saturated heterocycles. The van der Waals surface area contributed by atoms with E-state index in [1.165, 1.54) is 0 Å². The number of rotatable bonds is 7. The molecule has 1 N–H and O–H groups in total. The smallest absolute Gasteiger partial charge is 0.244 e. The molecule has 1 atom stereocenters. The van der Waals surface area contributed by atoms with Crippen molar-refractivity contribution in [2.45, 2.75) is 37.7 Å². The molecule has 0 spiro atoms. The van der Waals surface area contributed by atoms with Crippen LogP contribution in [0.25, 0.3) is 0 Å². The highest BCUT2D eigenvalue weighted by atomic mass is 32.2. The van der Waals surface area contributed by atoms with Crippen molar-refractivity contribution >= 4 is 10.0 Å². The van der Waals surface area contributed by atoms with Crippen LogP contribution in [0.2, 0.25) is 0 Å². The van der Waals surface area contributed by atoms with Crippen LogP contribution in [0.4, 0.5) is 0 Å². The minimum atomic E-state index is -3.68. The van der Waals surface area contributed by atoms with Gasteiger partial charge in [0.05, 0.1) is 11.4 Å². The Kier molecular flexibility index (Phi) is 5.47. The highest BCUT2D eigenvalue weighted by molar-refractivity contribution is 7.89. The van der Waals surface area contributed by atoms with Crippen LogP contribution in [0.5, 0.6) is 0 Å². The molecule has 7 heteroatoms. The molecule has 0 aliphatic carbocycles. The lowest BCUT2D eigenvalue weighted by atomic mass is 9.91. The second-order valence-corrected chi connectivity index (χ2v) is 7.57. The van der Waals surface area contributed by atoms with Gasteiger partial charge in [-0.05, 0) is 25.8 Å². The molecule has 0 fully saturated rings. The zero-order valence-electron chi connectivity index (χ0n) is 14.8. The second-order valence-electron chi connectivity index (χ2n) is 5.87. The molecule has 1 aromatic heterocycles. The normalized spacial score (nSPS) is 14.5. The van der Waals surface area contributed by atoms with E-state index in [0.717, 1.165) is 5.56 Å². The number of aryl methyl sites for hydroxylation is 2. The Morgan fingerprint density at radius 2 is 1.88 bits per heavy atom. The molecule has 6 nitrogen and oxygen atoms in total. The highest BCUT2D eigenvalue weighted by Crippen LogP contribution is 2.29. The Labute approximate surface area is 143 Å². The molecule has 0 aliphatic heterocycles. The molecular weight excluding hydrogens is 326 g/mol. The van der Waals surface area contributed by atoms with E-state index in [1.54, 1.807) is 32.7 Å². The molecule has 132 valence electrons. The number of aromatic nitrogens is 2. The quantitative estimate of drug-likeness (QED) is 0.830. The molecule has 1 aromatic carbocycles. The fourth-order valence-corrected chi connectivity index (χ4v) is 4.45. The highest BCUT2D eigenvalue weighted by Gasteiger charge is 2.33. The van der Waals surface area contributed by atoms with Crippen molar-refractivity contribution in [2.75, 3.05) is 13.7 Å². The number of methoxy groups -OCH3 is 1. The largest absolute Gasteiger partial charge is 0.372 e. The molecule has 24 heavy (non-hydrogen) atoms. The van der Waals surface area contributed by atoms with E-state index in [-0.39, 0.29) is 11.4 Å². The van der Waals surface area contributed by atoms with E-state index < -0.39 is 15.6 Å². The fourth-order valence-electron chi connectivity index (χ4n) is 2.93. The lowest BCUT2D eigenvalue weighted by Gasteiger charge is -2.32. The van der Waals surface area contributed by atoms with E-state index >= 15 is 0 Å². The summed E-state index contributed by atoms with van der Waals surface area (Å²) in [4.78, 5) is 0.235. The van der Waals surface area contributed by atoms with Crippen LogP contribution in [0.3, 0.4) is 0 Å². The first-order valence-electron chi connectivity index (χ1n) is 7.88. The number of hydrogen-bond acceptors (Lipinski definition) is 4. The predicted octanol–water partition coefficient (Wildman–Crippen LogP) is 2.27. The predicted molar refractivity (Wildman–Crippen MR) is 93.3 cm³/mol. The van der Waals surface area contributed by atoms with Gasteiger partial charge in [0.15, 0.2) is 0 Å². The van der Waals surface area contributed by atoms with Crippen LogP contribution >= 0.6 is 0 Å². The van der Waals surface area contributed by atoms with Crippen LogP contribution in [0.15, 0.2) is 35.2 Å². The number of benzene rings is 1. The van der Waals surface area contributed by atoms with Crippen molar-refractivity contribution in [1.82, 2.24) is 14.5 Å². The van der Waals surface area contributed by atoms with Gasteiger partial charge in [-0.25, -0.2) is 13.1 Å². The molecule has 0 aliphatic rings. The molecule has 2 rings (SSSR count). The van der Waals surface area contributed by atoms with Crippen molar-refractivity contribution in [3.63, 3.8) is 0 Å². The van der Waals surface area contributed by atoms with Gasteiger partial charge >= 0.3 is 0 Å².